The maximum atomic E-state index is 12.1. The number of ether oxygens (including phenoxy) is 2. The topological polar surface area (TPSA) is 171 Å². The molecule has 0 aliphatic carbocycles. The fraction of sp³-hybridized carbons (Fsp3) is 0.471. The number of carboxylic acids is 1. The number of aliphatic hydroxyl groups excluding tert-OH is 4. The smallest absolute Gasteiger partial charge is 0.335 e. The Kier molecular flexibility index (Phi) is 7.43. The van der Waals surface area contributed by atoms with Crippen LogP contribution in [0.2, 0.25) is 0 Å². The largest absolute Gasteiger partial charge is 0.478 e. The second-order valence-electron chi connectivity index (χ2n) is 6.53. The second kappa shape index (κ2) is 8.91. The number of carboxylic acid groups (broad SMARTS) is 1. The maximum absolute atomic E-state index is 12.1. The quantitative estimate of drug-likeness (QED) is 0.267. The van der Waals surface area contributed by atoms with Crippen LogP contribution in [0.3, 0.4) is 0 Å². The molecule has 0 saturated carbocycles. The first-order chi connectivity index (χ1) is 12.5. The number of hydrogen-bond donors (Lipinski definition) is 5. The van der Waals surface area contributed by atoms with Crippen molar-refractivity contribution in [3.05, 3.63) is 23.8 Å². The van der Waals surface area contributed by atoms with Gasteiger partial charge in [0.15, 0.2) is 0 Å². The first-order valence-electron chi connectivity index (χ1n) is 7.81. The zero-order valence-corrected chi connectivity index (χ0v) is 14.8. The highest BCUT2D eigenvalue weighted by Crippen LogP contribution is 2.28. The monoisotopic (exact) mass is 386 g/mol. The third-order valence-corrected chi connectivity index (χ3v) is 3.93. The molecular weight excluding hydrogens is 364 g/mol. The molecule has 0 aromatic heterocycles. The number of carbonyl (C=O) groups excluding carboxylic acids is 2. The summed E-state index contributed by atoms with van der Waals surface area (Å²) in [5, 5.41) is 46.1. The van der Waals surface area contributed by atoms with Gasteiger partial charge in [-0.25, -0.2) is 4.79 Å². The van der Waals surface area contributed by atoms with Gasteiger partial charge in [-0.05, 0) is 26.0 Å². The molecule has 10 nitrogen and oxygen atoms in total. The molecule has 0 bridgehead atoms. The van der Waals surface area contributed by atoms with Crippen LogP contribution in [0.1, 0.15) is 24.2 Å². The normalized spacial score (nSPS) is 11.8. The lowest BCUT2D eigenvalue weighted by Crippen LogP contribution is -2.39. The minimum atomic E-state index is -1.62. The van der Waals surface area contributed by atoms with Crippen LogP contribution in [0.5, 0.6) is 11.5 Å². The fourth-order valence-electron chi connectivity index (χ4n) is 1.63. The molecule has 1 aromatic carbocycles. The molecule has 1 aromatic rings. The lowest BCUT2D eigenvalue weighted by atomic mass is 9.93. The van der Waals surface area contributed by atoms with Crippen molar-refractivity contribution in [2.24, 2.45) is 10.8 Å². The molecule has 0 unspecified atom stereocenters. The van der Waals surface area contributed by atoms with Crippen molar-refractivity contribution in [1.82, 2.24) is 0 Å². The predicted octanol–water partition coefficient (Wildman–Crippen LogP) is -0.823. The van der Waals surface area contributed by atoms with Crippen LogP contribution in [0.25, 0.3) is 0 Å². The zero-order valence-electron chi connectivity index (χ0n) is 14.8. The van der Waals surface area contributed by atoms with E-state index in [0.29, 0.717) is 0 Å². The Bertz CT molecular complexity index is 653. The Hall–Kier alpha value is -2.53. The Morgan fingerprint density at radius 1 is 0.778 bits per heavy atom. The summed E-state index contributed by atoms with van der Waals surface area (Å²) in [4.78, 5) is 35.5. The third-order valence-electron chi connectivity index (χ3n) is 3.93. The van der Waals surface area contributed by atoms with Gasteiger partial charge in [-0.3, -0.25) is 9.59 Å². The zero-order chi connectivity index (χ0) is 20.8. The van der Waals surface area contributed by atoms with E-state index in [1.54, 1.807) is 0 Å². The van der Waals surface area contributed by atoms with Gasteiger partial charge in [-0.2, -0.15) is 0 Å². The number of rotatable bonds is 9. The van der Waals surface area contributed by atoms with Crippen molar-refractivity contribution in [3.63, 3.8) is 0 Å². The number of carbonyl (C=O) groups is 3. The summed E-state index contributed by atoms with van der Waals surface area (Å²) in [5.41, 5.74) is -3.61. The van der Waals surface area contributed by atoms with E-state index in [4.69, 9.17) is 14.6 Å². The summed E-state index contributed by atoms with van der Waals surface area (Å²) >= 11 is 0. The Morgan fingerprint density at radius 3 is 1.37 bits per heavy atom. The SMILES string of the molecule is CC(CO)(CO)C(=O)Oc1cc(OC(=O)C(C)(CO)CO)cc(C(=O)O)c1. The van der Waals surface area contributed by atoms with Crippen molar-refractivity contribution in [3.8, 4) is 11.5 Å². The van der Waals surface area contributed by atoms with Gasteiger partial charge in [0.1, 0.15) is 22.3 Å². The van der Waals surface area contributed by atoms with Crippen LogP contribution in [0.4, 0.5) is 0 Å². The van der Waals surface area contributed by atoms with Crippen molar-refractivity contribution in [2.75, 3.05) is 26.4 Å². The molecule has 27 heavy (non-hydrogen) atoms. The Labute approximate surface area is 154 Å². The van der Waals surface area contributed by atoms with E-state index in [0.717, 1.165) is 18.2 Å². The average molecular weight is 386 g/mol. The van der Waals surface area contributed by atoms with Gasteiger partial charge in [-0.15, -0.1) is 0 Å². The maximum Gasteiger partial charge on any atom is 0.335 e. The molecule has 0 amide bonds. The lowest BCUT2D eigenvalue weighted by Gasteiger charge is -2.23. The van der Waals surface area contributed by atoms with Crippen LogP contribution in [0, 0.1) is 10.8 Å². The summed E-state index contributed by atoms with van der Waals surface area (Å²) in [7, 11) is 0. The summed E-state index contributed by atoms with van der Waals surface area (Å²) < 4.78 is 10.0. The van der Waals surface area contributed by atoms with Gasteiger partial charge in [0.2, 0.25) is 0 Å². The van der Waals surface area contributed by atoms with Crippen LogP contribution >= 0.6 is 0 Å². The van der Waals surface area contributed by atoms with E-state index in [1.165, 1.54) is 13.8 Å². The number of benzene rings is 1. The first-order valence-corrected chi connectivity index (χ1v) is 7.81. The molecule has 0 heterocycles. The highest BCUT2D eigenvalue weighted by molar-refractivity contribution is 5.90. The molecule has 0 aliphatic heterocycles. The van der Waals surface area contributed by atoms with Crippen LogP contribution in [-0.2, 0) is 9.59 Å². The van der Waals surface area contributed by atoms with E-state index >= 15 is 0 Å². The predicted molar refractivity (Wildman–Crippen MR) is 89.2 cm³/mol. The molecule has 1 rings (SSSR count). The molecule has 0 radical (unpaired) electrons. The molecule has 0 aliphatic rings. The Balaban J connectivity index is 3.20. The number of hydrogen-bond acceptors (Lipinski definition) is 9. The van der Waals surface area contributed by atoms with E-state index in [-0.39, 0.29) is 17.1 Å². The fourth-order valence-corrected chi connectivity index (χ4v) is 1.63. The van der Waals surface area contributed by atoms with Crippen LogP contribution in [-0.4, -0.2) is 69.9 Å². The van der Waals surface area contributed by atoms with Crippen LogP contribution in [0.15, 0.2) is 18.2 Å². The van der Waals surface area contributed by atoms with E-state index in [1.807, 2.05) is 0 Å². The average Bonchev–Trinajstić information content (AvgIpc) is 2.66. The first kappa shape index (κ1) is 22.5. The summed E-state index contributed by atoms with van der Waals surface area (Å²) in [5.74, 6) is -4.05. The van der Waals surface area contributed by atoms with Gasteiger partial charge in [0, 0.05) is 6.07 Å². The summed E-state index contributed by atoms with van der Waals surface area (Å²) in [6.45, 7) is -0.374. The summed E-state index contributed by atoms with van der Waals surface area (Å²) in [6.07, 6.45) is 0. The number of aromatic carboxylic acids is 1. The van der Waals surface area contributed by atoms with E-state index in [2.05, 4.69) is 0 Å². The standard InChI is InChI=1S/C17H22O10/c1-16(6-18,7-19)14(24)26-11-3-10(13(22)23)4-12(5-11)27-15(25)17(2,8-20)9-21/h3-5,18-21H,6-9H2,1-2H3,(H,22,23). The Morgan fingerprint density at radius 2 is 1.11 bits per heavy atom. The minimum Gasteiger partial charge on any atom is -0.478 e. The van der Waals surface area contributed by atoms with Crippen molar-refractivity contribution < 1.29 is 49.4 Å². The van der Waals surface area contributed by atoms with Crippen molar-refractivity contribution in [2.45, 2.75) is 13.8 Å². The highest BCUT2D eigenvalue weighted by Gasteiger charge is 2.36. The molecule has 0 saturated heterocycles. The highest BCUT2D eigenvalue weighted by atomic mass is 16.6. The van der Waals surface area contributed by atoms with Gasteiger partial charge >= 0.3 is 17.9 Å². The van der Waals surface area contributed by atoms with Gasteiger partial charge in [0.05, 0.1) is 32.0 Å². The summed E-state index contributed by atoms with van der Waals surface area (Å²) in [6, 6.07) is 3.03. The van der Waals surface area contributed by atoms with E-state index < -0.39 is 55.2 Å². The van der Waals surface area contributed by atoms with Gasteiger partial charge in [0.25, 0.3) is 0 Å². The third kappa shape index (κ3) is 5.23. The number of esters is 2. The number of aliphatic hydroxyl groups is 4. The second-order valence-corrected chi connectivity index (χ2v) is 6.53. The lowest BCUT2D eigenvalue weighted by molar-refractivity contribution is -0.150. The molecule has 10 heteroatoms. The molecule has 0 atom stereocenters. The van der Waals surface area contributed by atoms with Crippen LogP contribution < -0.4 is 9.47 Å². The van der Waals surface area contributed by atoms with E-state index in [9.17, 15) is 34.8 Å². The minimum absolute atomic E-state index is 0.300. The molecule has 0 fully saturated rings. The molecule has 0 spiro atoms. The van der Waals surface area contributed by atoms with Gasteiger partial charge in [-0.1, -0.05) is 0 Å². The van der Waals surface area contributed by atoms with Crippen molar-refractivity contribution >= 4 is 17.9 Å². The van der Waals surface area contributed by atoms with Crippen molar-refractivity contribution in [1.29, 1.82) is 0 Å². The molecular formula is C17H22O10. The van der Waals surface area contributed by atoms with Gasteiger partial charge < -0.3 is 35.0 Å². The molecule has 5 N–H and O–H groups in total. The molecule has 150 valence electrons.